The van der Waals surface area contributed by atoms with Crippen molar-refractivity contribution < 1.29 is 4.79 Å². The Bertz CT molecular complexity index is 478. The van der Waals surface area contributed by atoms with Crippen molar-refractivity contribution in [2.75, 3.05) is 19.3 Å². The predicted octanol–water partition coefficient (Wildman–Crippen LogP) is 2.13. The highest BCUT2D eigenvalue weighted by Crippen LogP contribution is 2.20. The van der Waals surface area contributed by atoms with Crippen molar-refractivity contribution in [3.05, 3.63) is 28.8 Å². The fourth-order valence-electron chi connectivity index (χ4n) is 2.40. The van der Waals surface area contributed by atoms with E-state index in [1.165, 1.54) is 0 Å². The monoisotopic (exact) mass is 281 g/mol. The normalized spacial score (nSPS) is 24.2. The number of rotatable bonds is 2. The Balaban J connectivity index is 2.01. The van der Waals surface area contributed by atoms with E-state index in [4.69, 9.17) is 17.3 Å². The quantitative estimate of drug-likeness (QED) is 0.817. The minimum absolute atomic E-state index is 0.119. The fourth-order valence-corrected chi connectivity index (χ4v) is 2.67. The molecule has 0 spiro atoms. The maximum absolute atomic E-state index is 12.2. The maximum atomic E-state index is 12.2. The van der Waals surface area contributed by atoms with Crippen LogP contribution in [0.15, 0.2) is 18.2 Å². The molecule has 5 heteroatoms. The van der Waals surface area contributed by atoms with Gasteiger partial charge in [0.2, 0.25) is 0 Å². The molecular weight excluding hydrogens is 262 g/mol. The van der Waals surface area contributed by atoms with Gasteiger partial charge in [0.15, 0.2) is 0 Å². The fraction of sp³-hybridized carbons (Fsp3) is 0.500. The van der Waals surface area contributed by atoms with Crippen molar-refractivity contribution in [1.82, 2.24) is 10.2 Å². The summed E-state index contributed by atoms with van der Waals surface area (Å²) in [5.41, 5.74) is 6.68. The number of benzene rings is 1. The van der Waals surface area contributed by atoms with Gasteiger partial charge in [-0.05, 0) is 45.0 Å². The Kier molecular flexibility index (Phi) is 4.32. The van der Waals surface area contributed by atoms with Gasteiger partial charge in [-0.2, -0.15) is 0 Å². The number of nitrogens with one attached hydrogen (secondary N) is 1. The lowest BCUT2D eigenvalue weighted by atomic mass is 9.98. The standard InChI is InChI=1S/C14H20ClN3O/c1-9-7-11(5-6-18(9)2)17-14(19)12-4-3-10(16)8-13(12)15/h3-4,8-9,11H,5-7,16H2,1-2H3,(H,17,19). The summed E-state index contributed by atoms with van der Waals surface area (Å²) in [6.07, 6.45) is 1.94. The lowest BCUT2D eigenvalue weighted by Gasteiger charge is -2.35. The van der Waals surface area contributed by atoms with Crippen LogP contribution in [-0.2, 0) is 0 Å². The molecule has 0 bridgehead atoms. The van der Waals surface area contributed by atoms with Crippen molar-refractivity contribution in [1.29, 1.82) is 0 Å². The van der Waals surface area contributed by atoms with Crippen LogP contribution in [0.2, 0.25) is 5.02 Å². The molecule has 0 radical (unpaired) electrons. The first-order chi connectivity index (χ1) is 8.97. The molecule has 19 heavy (non-hydrogen) atoms. The number of hydrogen-bond donors (Lipinski definition) is 2. The summed E-state index contributed by atoms with van der Waals surface area (Å²) in [7, 11) is 2.11. The van der Waals surface area contributed by atoms with Crippen molar-refractivity contribution in [2.45, 2.75) is 31.8 Å². The number of piperidine rings is 1. The van der Waals surface area contributed by atoms with Crippen LogP contribution < -0.4 is 11.1 Å². The molecule has 1 saturated heterocycles. The molecule has 1 heterocycles. The Morgan fingerprint density at radius 2 is 2.26 bits per heavy atom. The Labute approximate surface area is 118 Å². The van der Waals surface area contributed by atoms with Gasteiger partial charge < -0.3 is 16.0 Å². The molecule has 2 rings (SSSR count). The van der Waals surface area contributed by atoms with E-state index in [0.29, 0.717) is 22.3 Å². The van der Waals surface area contributed by atoms with E-state index in [1.807, 2.05) is 0 Å². The molecule has 1 aromatic rings. The number of hydrogen-bond acceptors (Lipinski definition) is 3. The average Bonchev–Trinajstić information content (AvgIpc) is 2.33. The number of nitrogens with two attached hydrogens (primary N) is 1. The van der Waals surface area contributed by atoms with Crippen molar-refractivity contribution in [3.8, 4) is 0 Å². The number of likely N-dealkylation sites (tertiary alicyclic amines) is 1. The first-order valence-corrected chi connectivity index (χ1v) is 6.91. The molecule has 1 aliphatic rings. The van der Waals surface area contributed by atoms with E-state index < -0.39 is 0 Å². The summed E-state index contributed by atoms with van der Waals surface area (Å²) in [6.45, 7) is 3.18. The number of halogens is 1. The van der Waals surface area contributed by atoms with Gasteiger partial charge in [-0.25, -0.2) is 0 Å². The van der Waals surface area contributed by atoms with Crippen LogP contribution in [0.5, 0.6) is 0 Å². The lowest BCUT2D eigenvalue weighted by molar-refractivity contribution is 0.0897. The molecule has 104 valence electrons. The van der Waals surface area contributed by atoms with E-state index in [2.05, 4.69) is 24.2 Å². The zero-order chi connectivity index (χ0) is 14.0. The van der Waals surface area contributed by atoms with Gasteiger partial charge in [0.25, 0.3) is 5.91 Å². The van der Waals surface area contributed by atoms with Gasteiger partial charge in [-0.3, -0.25) is 4.79 Å². The molecule has 0 aliphatic carbocycles. The van der Waals surface area contributed by atoms with E-state index >= 15 is 0 Å². The highest BCUT2D eigenvalue weighted by molar-refractivity contribution is 6.34. The third-order valence-electron chi connectivity index (χ3n) is 3.78. The number of nitrogens with zero attached hydrogens (tertiary/aromatic N) is 1. The molecule has 2 unspecified atom stereocenters. The second-order valence-corrected chi connectivity index (χ2v) is 5.67. The van der Waals surface area contributed by atoms with Crippen LogP contribution in [0.1, 0.15) is 30.1 Å². The number of carbonyl (C=O) groups is 1. The van der Waals surface area contributed by atoms with Crippen LogP contribution in [0.25, 0.3) is 0 Å². The first-order valence-electron chi connectivity index (χ1n) is 6.53. The SMILES string of the molecule is CC1CC(NC(=O)c2ccc(N)cc2Cl)CCN1C. The summed E-state index contributed by atoms with van der Waals surface area (Å²) in [5, 5.41) is 3.46. The third-order valence-corrected chi connectivity index (χ3v) is 4.09. The molecule has 1 aliphatic heterocycles. The summed E-state index contributed by atoms with van der Waals surface area (Å²) < 4.78 is 0. The Morgan fingerprint density at radius 3 is 2.89 bits per heavy atom. The summed E-state index contributed by atoms with van der Waals surface area (Å²) >= 11 is 6.04. The number of carbonyl (C=O) groups excluding carboxylic acids is 1. The topological polar surface area (TPSA) is 58.4 Å². The van der Waals surface area contributed by atoms with E-state index in [1.54, 1.807) is 18.2 Å². The van der Waals surface area contributed by atoms with Gasteiger partial charge in [0.05, 0.1) is 10.6 Å². The van der Waals surface area contributed by atoms with Gasteiger partial charge >= 0.3 is 0 Å². The number of anilines is 1. The second kappa shape index (κ2) is 5.80. The number of amides is 1. The van der Waals surface area contributed by atoms with Gasteiger partial charge in [0, 0.05) is 24.3 Å². The minimum Gasteiger partial charge on any atom is -0.399 e. The number of nitrogen functional groups attached to an aromatic ring is 1. The largest absolute Gasteiger partial charge is 0.399 e. The van der Waals surface area contributed by atoms with Crippen molar-refractivity contribution in [2.24, 2.45) is 0 Å². The smallest absolute Gasteiger partial charge is 0.253 e. The molecular formula is C14H20ClN3O. The first kappa shape index (κ1) is 14.2. The molecule has 4 nitrogen and oxygen atoms in total. The van der Waals surface area contributed by atoms with Crippen molar-refractivity contribution >= 4 is 23.2 Å². The van der Waals surface area contributed by atoms with E-state index in [-0.39, 0.29) is 11.9 Å². The Morgan fingerprint density at radius 1 is 1.53 bits per heavy atom. The van der Waals surface area contributed by atoms with Crippen molar-refractivity contribution in [3.63, 3.8) is 0 Å². The van der Waals surface area contributed by atoms with Gasteiger partial charge in [-0.1, -0.05) is 11.6 Å². The minimum atomic E-state index is -0.119. The molecule has 2 atom stereocenters. The van der Waals surface area contributed by atoms with Crippen LogP contribution in [0.3, 0.4) is 0 Å². The van der Waals surface area contributed by atoms with Crippen LogP contribution in [-0.4, -0.2) is 36.5 Å². The molecule has 1 aromatic carbocycles. The maximum Gasteiger partial charge on any atom is 0.253 e. The van der Waals surface area contributed by atoms with E-state index in [0.717, 1.165) is 19.4 Å². The highest BCUT2D eigenvalue weighted by Gasteiger charge is 2.24. The summed E-state index contributed by atoms with van der Waals surface area (Å²) in [5.74, 6) is -0.119. The summed E-state index contributed by atoms with van der Waals surface area (Å²) in [4.78, 5) is 14.5. The summed E-state index contributed by atoms with van der Waals surface area (Å²) in [6, 6.07) is 5.67. The highest BCUT2D eigenvalue weighted by atomic mass is 35.5. The van der Waals surface area contributed by atoms with Crippen LogP contribution in [0.4, 0.5) is 5.69 Å². The second-order valence-electron chi connectivity index (χ2n) is 5.26. The Hall–Kier alpha value is -1.26. The zero-order valence-corrected chi connectivity index (χ0v) is 12.1. The predicted molar refractivity (Wildman–Crippen MR) is 78.4 cm³/mol. The lowest BCUT2D eigenvalue weighted by Crippen LogP contribution is -2.47. The van der Waals surface area contributed by atoms with Gasteiger partial charge in [0.1, 0.15) is 0 Å². The molecule has 1 fully saturated rings. The average molecular weight is 282 g/mol. The third kappa shape index (κ3) is 3.39. The van der Waals surface area contributed by atoms with Crippen LogP contribution in [0, 0.1) is 0 Å². The zero-order valence-electron chi connectivity index (χ0n) is 11.3. The molecule has 0 aromatic heterocycles. The molecule has 0 saturated carbocycles. The molecule has 3 N–H and O–H groups in total. The van der Waals surface area contributed by atoms with E-state index in [9.17, 15) is 4.79 Å². The molecule has 1 amide bonds. The van der Waals surface area contributed by atoms with Gasteiger partial charge in [-0.15, -0.1) is 0 Å². The van der Waals surface area contributed by atoms with Crippen LogP contribution >= 0.6 is 11.6 Å².